The van der Waals surface area contributed by atoms with Crippen LogP contribution in [0.1, 0.15) is 25.7 Å². The van der Waals surface area contributed by atoms with E-state index in [1.54, 1.807) is 0 Å². The van der Waals surface area contributed by atoms with Crippen LogP contribution in [0.25, 0.3) is 0 Å². The highest BCUT2D eigenvalue weighted by Gasteiger charge is 2.49. The summed E-state index contributed by atoms with van der Waals surface area (Å²) in [7, 11) is 0. The zero-order valence-electron chi connectivity index (χ0n) is 9.20. The van der Waals surface area contributed by atoms with Gasteiger partial charge in [0.15, 0.2) is 0 Å². The first-order valence-corrected chi connectivity index (χ1v) is 7.50. The van der Waals surface area contributed by atoms with E-state index in [2.05, 4.69) is 10.2 Å². The number of hydrogen-bond donors (Lipinski definition) is 1. The standard InChI is InChI=1S/C11H16N2OS2/c14-9-8-2-1-5-13(8)10(15)11(12-9)3-6-16-7-4-11/h8H,1-7H2,(H,12,14)/t8-/m0/s1. The van der Waals surface area contributed by atoms with E-state index < -0.39 is 0 Å². The molecule has 3 saturated heterocycles. The molecule has 3 heterocycles. The molecule has 0 unspecified atom stereocenters. The van der Waals surface area contributed by atoms with Gasteiger partial charge >= 0.3 is 0 Å². The molecule has 3 nitrogen and oxygen atoms in total. The van der Waals surface area contributed by atoms with E-state index in [9.17, 15) is 4.79 Å². The SMILES string of the molecule is O=C1NC2(CCSCC2)C(=S)N2CCC[C@@H]12. The van der Waals surface area contributed by atoms with Crippen molar-refractivity contribution in [2.24, 2.45) is 0 Å². The number of nitrogens with one attached hydrogen (secondary N) is 1. The van der Waals surface area contributed by atoms with Crippen molar-refractivity contribution in [2.75, 3.05) is 18.1 Å². The van der Waals surface area contributed by atoms with Gasteiger partial charge in [0.1, 0.15) is 11.0 Å². The maximum Gasteiger partial charge on any atom is 0.243 e. The van der Waals surface area contributed by atoms with Crippen LogP contribution in [0.4, 0.5) is 0 Å². The van der Waals surface area contributed by atoms with E-state index in [-0.39, 0.29) is 17.5 Å². The molecule has 0 aromatic carbocycles. The number of amides is 1. The molecule has 3 rings (SSSR count). The van der Waals surface area contributed by atoms with Crippen LogP contribution in [0.5, 0.6) is 0 Å². The minimum absolute atomic E-state index is 0.0349. The Bertz CT molecular complexity index is 339. The second kappa shape index (κ2) is 3.88. The molecule has 0 saturated carbocycles. The van der Waals surface area contributed by atoms with E-state index in [1.807, 2.05) is 11.8 Å². The van der Waals surface area contributed by atoms with Crippen molar-refractivity contribution in [3.8, 4) is 0 Å². The topological polar surface area (TPSA) is 32.3 Å². The summed E-state index contributed by atoms with van der Waals surface area (Å²) in [6.45, 7) is 0.978. The highest BCUT2D eigenvalue weighted by molar-refractivity contribution is 7.99. The molecule has 88 valence electrons. The summed E-state index contributed by atoms with van der Waals surface area (Å²) in [5.41, 5.74) is -0.182. The largest absolute Gasteiger partial charge is 0.352 e. The Morgan fingerprint density at radius 3 is 2.94 bits per heavy atom. The third-order valence-corrected chi connectivity index (χ3v) is 5.55. The van der Waals surface area contributed by atoms with Gasteiger partial charge in [-0.05, 0) is 37.2 Å². The molecule has 3 fully saturated rings. The predicted molar refractivity (Wildman–Crippen MR) is 69.8 cm³/mol. The van der Waals surface area contributed by atoms with E-state index in [1.165, 1.54) is 0 Å². The monoisotopic (exact) mass is 256 g/mol. The van der Waals surface area contributed by atoms with Crippen molar-refractivity contribution in [3.63, 3.8) is 0 Å². The van der Waals surface area contributed by atoms with Crippen molar-refractivity contribution >= 4 is 34.9 Å². The van der Waals surface area contributed by atoms with Gasteiger partial charge in [-0.15, -0.1) is 0 Å². The zero-order chi connectivity index (χ0) is 11.2. The second-order valence-corrected chi connectivity index (χ2v) is 6.45. The Morgan fingerprint density at radius 1 is 1.44 bits per heavy atom. The summed E-state index contributed by atoms with van der Waals surface area (Å²) in [5, 5.41) is 3.22. The maximum atomic E-state index is 12.1. The number of rotatable bonds is 0. The number of hydrogen-bond acceptors (Lipinski definition) is 3. The number of nitrogens with zero attached hydrogens (tertiary/aromatic N) is 1. The van der Waals surface area contributed by atoms with Gasteiger partial charge in [-0.3, -0.25) is 4.79 Å². The summed E-state index contributed by atoms with van der Waals surface area (Å²) < 4.78 is 0. The van der Waals surface area contributed by atoms with Crippen molar-refractivity contribution in [1.82, 2.24) is 10.2 Å². The van der Waals surface area contributed by atoms with Gasteiger partial charge < -0.3 is 10.2 Å². The lowest BCUT2D eigenvalue weighted by Gasteiger charge is -2.47. The van der Waals surface area contributed by atoms with Crippen LogP contribution in [0.3, 0.4) is 0 Å². The van der Waals surface area contributed by atoms with Crippen molar-refractivity contribution < 1.29 is 4.79 Å². The molecule has 5 heteroatoms. The molecule has 1 amide bonds. The first kappa shape index (κ1) is 10.8. The van der Waals surface area contributed by atoms with Crippen LogP contribution >= 0.6 is 24.0 Å². The number of thiocarbonyl (C=S) groups is 1. The summed E-state index contributed by atoms with van der Waals surface area (Å²) in [4.78, 5) is 15.3. The van der Waals surface area contributed by atoms with Crippen molar-refractivity contribution in [1.29, 1.82) is 0 Å². The number of piperazine rings is 1. The van der Waals surface area contributed by atoms with E-state index in [0.29, 0.717) is 0 Å². The van der Waals surface area contributed by atoms with Gasteiger partial charge in [0.2, 0.25) is 5.91 Å². The summed E-state index contributed by atoms with van der Waals surface area (Å²) in [5.74, 6) is 2.43. The molecule has 0 aliphatic carbocycles. The van der Waals surface area contributed by atoms with Crippen molar-refractivity contribution in [3.05, 3.63) is 0 Å². The summed E-state index contributed by atoms with van der Waals surface area (Å²) in [6.07, 6.45) is 4.08. The van der Waals surface area contributed by atoms with Crippen LogP contribution in [0, 0.1) is 0 Å². The molecule has 0 radical (unpaired) electrons. The Kier molecular flexibility index (Phi) is 2.63. The number of fused-ring (bicyclic) bond motifs is 1. The molecule has 1 atom stereocenters. The van der Waals surface area contributed by atoms with Gasteiger partial charge in [-0.2, -0.15) is 11.8 Å². The molecule has 16 heavy (non-hydrogen) atoms. The lowest BCUT2D eigenvalue weighted by Crippen LogP contribution is -2.69. The zero-order valence-corrected chi connectivity index (χ0v) is 10.8. The lowest BCUT2D eigenvalue weighted by molar-refractivity contribution is -0.127. The molecule has 1 N–H and O–H groups in total. The Balaban J connectivity index is 1.90. The predicted octanol–water partition coefficient (Wildman–Crippen LogP) is 1.17. The van der Waals surface area contributed by atoms with Gasteiger partial charge in [0.05, 0.1) is 5.54 Å². The molecular formula is C11H16N2OS2. The molecule has 0 aromatic rings. The van der Waals surface area contributed by atoms with Gasteiger partial charge in [0.25, 0.3) is 0 Å². The fourth-order valence-corrected chi connectivity index (χ4v) is 4.65. The highest BCUT2D eigenvalue weighted by atomic mass is 32.2. The van der Waals surface area contributed by atoms with Crippen molar-refractivity contribution in [2.45, 2.75) is 37.3 Å². The van der Waals surface area contributed by atoms with E-state index in [0.717, 1.165) is 48.7 Å². The molecule has 1 spiro atoms. The average molecular weight is 256 g/mol. The Hall–Kier alpha value is -0.290. The van der Waals surface area contributed by atoms with Crippen LogP contribution in [0.15, 0.2) is 0 Å². The normalized spacial score (nSPS) is 32.8. The number of carbonyl (C=O) groups excluding carboxylic acids is 1. The third kappa shape index (κ3) is 1.48. The molecule has 0 bridgehead atoms. The third-order valence-electron chi connectivity index (χ3n) is 3.93. The molecular weight excluding hydrogens is 240 g/mol. The maximum absolute atomic E-state index is 12.1. The quantitative estimate of drug-likeness (QED) is 0.660. The smallest absolute Gasteiger partial charge is 0.243 e. The summed E-state index contributed by atoms with van der Waals surface area (Å²) >= 11 is 7.59. The Labute approximate surface area is 105 Å². The lowest BCUT2D eigenvalue weighted by atomic mass is 9.88. The average Bonchev–Trinajstić information content (AvgIpc) is 2.77. The highest BCUT2D eigenvalue weighted by Crippen LogP contribution is 2.35. The molecule has 3 aliphatic heterocycles. The van der Waals surface area contributed by atoms with E-state index >= 15 is 0 Å². The van der Waals surface area contributed by atoms with Crippen LogP contribution in [0.2, 0.25) is 0 Å². The first-order chi connectivity index (χ1) is 7.73. The first-order valence-electron chi connectivity index (χ1n) is 5.94. The van der Waals surface area contributed by atoms with Gasteiger partial charge in [-0.1, -0.05) is 12.2 Å². The fraction of sp³-hybridized carbons (Fsp3) is 0.818. The minimum atomic E-state index is -0.182. The van der Waals surface area contributed by atoms with Crippen LogP contribution < -0.4 is 5.32 Å². The Morgan fingerprint density at radius 2 is 2.19 bits per heavy atom. The number of carbonyl (C=O) groups is 1. The number of thioether (sulfide) groups is 1. The van der Waals surface area contributed by atoms with E-state index in [4.69, 9.17) is 12.2 Å². The second-order valence-electron chi connectivity index (χ2n) is 4.84. The van der Waals surface area contributed by atoms with Gasteiger partial charge in [0, 0.05) is 6.54 Å². The molecule has 3 aliphatic rings. The van der Waals surface area contributed by atoms with Crippen LogP contribution in [-0.4, -0.2) is 45.4 Å². The van der Waals surface area contributed by atoms with Crippen LogP contribution in [-0.2, 0) is 4.79 Å². The minimum Gasteiger partial charge on any atom is -0.352 e. The fourth-order valence-electron chi connectivity index (χ4n) is 2.99. The molecule has 0 aromatic heterocycles. The van der Waals surface area contributed by atoms with Gasteiger partial charge in [-0.25, -0.2) is 0 Å². The summed E-state index contributed by atoms with van der Waals surface area (Å²) in [6, 6.07) is 0.0349.